The van der Waals surface area contributed by atoms with Crippen LogP contribution in [0.15, 0.2) is 77.7 Å². The Balaban J connectivity index is 1.40. The summed E-state index contributed by atoms with van der Waals surface area (Å²) >= 11 is 5.27. The second-order valence-electron chi connectivity index (χ2n) is 9.22. The summed E-state index contributed by atoms with van der Waals surface area (Å²) in [6, 6.07) is 21.3. The lowest BCUT2D eigenvalue weighted by Crippen LogP contribution is -2.34. The third kappa shape index (κ3) is 4.98. The summed E-state index contributed by atoms with van der Waals surface area (Å²) in [4.78, 5) is 12.7. The van der Waals surface area contributed by atoms with E-state index in [1.807, 2.05) is 36.4 Å². The molecule has 2 N–H and O–H groups in total. The molecule has 8 heteroatoms. The summed E-state index contributed by atoms with van der Waals surface area (Å²) < 4.78 is 27.7. The van der Waals surface area contributed by atoms with E-state index in [4.69, 9.17) is 12.2 Å². The molecule has 0 unspecified atom stereocenters. The molecule has 1 heterocycles. The van der Waals surface area contributed by atoms with Gasteiger partial charge in [0.25, 0.3) is 15.9 Å². The van der Waals surface area contributed by atoms with Crippen molar-refractivity contribution in [1.29, 1.82) is 0 Å². The molecule has 1 aliphatic rings. The molecule has 0 fully saturated rings. The van der Waals surface area contributed by atoms with Crippen LogP contribution in [0.5, 0.6) is 0 Å². The van der Waals surface area contributed by atoms with Crippen LogP contribution < -0.4 is 14.9 Å². The number of fused-ring (bicyclic) bond motifs is 1. The Morgan fingerprint density at radius 2 is 1.59 bits per heavy atom. The second-order valence-corrected chi connectivity index (χ2v) is 11.5. The van der Waals surface area contributed by atoms with E-state index in [2.05, 4.69) is 31.4 Å². The Morgan fingerprint density at radius 3 is 2.24 bits per heavy atom. The van der Waals surface area contributed by atoms with E-state index in [1.54, 1.807) is 24.3 Å². The topological polar surface area (TPSA) is 78.5 Å². The molecule has 0 saturated heterocycles. The third-order valence-corrected chi connectivity index (χ3v) is 7.82. The van der Waals surface area contributed by atoms with E-state index < -0.39 is 10.0 Å². The first-order valence-electron chi connectivity index (χ1n) is 11.0. The molecule has 0 atom stereocenters. The maximum absolute atomic E-state index is 13.1. The number of thiocarbonyl (C=S) groups is 1. The van der Waals surface area contributed by atoms with Gasteiger partial charge in [0, 0.05) is 17.8 Å². The lowest BCUT2D eigenvalue weighted by atomic mass is 9.87. The molecule has 0 bridgehead atoms. The first-order chi connectivity index (χ1) is 16.1. The molecule has 34 heavy (non-hydrogen) atoms. The van der Waals surface area contributed by atoms with Crippen molar-refractivity contribution in [3.63, 3.8) is 0 Å². The third-order valence-electron chi connectivity index (χ3n) is 5.78. The maximum atomic E-state index is 13.1. The fourth-order valence-electron chi connectivity index (χ4n) is 3.85. The highest BCUT2D eigenvalue weighted by Gasteiger charge is 2.30. The van der Waals surface area contributed by atoms with Gasteiger partial charge in [-0.25, -0.2) is 8.42 Å². The van der Waals surface area contributed by atoms with Gasteiger partial charge in [0.1, 0.15) is 0 Å². The zero-order valence-electron chi connectivity index (χ0n) is 19.3. The number of carbonyl (C=O) groups is 1. The highest BCUT2D eigenvalue weighted by Crippen LogP contribution is 2.32. The van der Waals surface area contributed by atoms with Crippen molar-refractivity contribution in [1.82, 2.24) is 5.32 Å². The van der Waals surface area contributed by atoms with Crippen molar-refractivity contribution in [2.75, 3.05) is 16.2 Å². The van der Waals surface area contributed by atoms with Gasteiger partial charge in [0.15, 0.2) is 5.11 Å². The van der Waals surface area contributed by atoms with Crippen LogP contribution in [0.3, 0.4) is 0 Å². The largest absolute Gasteiger partial charge is 0.332 e. The fourth-order valence-corrected chi connectivity index (χ4v) is 5.57. The van der Waals surface area contributed by atoms with Crippen LogP contribution in [0.4, 0.5) is 11.4 Å². The summed E-state index contributed by atoms with van der Waals surface area (Å²) in [5.74, 6) is -0.315. The Bertz CT molecular complexity index is 1330. The molecule has 0 radical (unpaired) electrons. The molecule has 0 aromatic heterocycles. The number of hydrogen-bond acceptors (Lipinski definition) is 4. The minimum absolute atomic E-state index is 0.00364. The predicted octanol–water partition coefficient (Wildman–Crippen LogP) is 4.86. The maximum Gasteiger partial charge on any atom is 0.264 e. The fraction of sp³-hybridized carbons (Fsp3) is 0.231. The first-order valence-corrected chi connectivity index (χ1v) is 12.8. The summed E-state index contributed by atoms with van der Waals surface area (Å²) in [6.45, 7) is 6.76. The normalized spacial score (nSPS) is 13.3. The monoisotopic (exact) mass is 493 g/mol. The van der Waals surface area contributed by atoms with E-state index in [0.29, 0.717) is 24.2 Å². The number of anilines is 2. The second kappa shape index (κ2) is 9.19. The zero-order chi connectivity index (χ0) is 24.5. The number of rotatable bonds is 4. The summed E-state index contributed by atoms with van der Waals surface area (Å²) in [5.41, 5.74) is 3.97. The summed E-state index contributed by atoms with van der Waals surface area (Å²) in [5, 5.41) is 5.72. The van der Waals surface area contributed by atoms with Gasteiger partial charge in [-0.1, -0.05) is 51.1 Å². The minimum atomic E-state index is -3.66. The number of nitrogens with zero attached hydrogens (tertiary/aromatic N) is 1. The molecular formula is C26H27N3O3S2. The molecule has 4 rings (SSSR count). The van der Waals surface area contributed by atoms with Gasteiger partial charge in [-0.2, -0.15) is 0 Å². The van der Waals surface area contributed by atoms with Gasteiger partial charge < -0.3 is 5.32 Å². The van der Waals surface area contributed by atoms with Crippen LogP contribution in [0.25, 0.3) is 0 Å². The summed E-state index contributed by atoms with van der Waals surface area (Å²) in [6.07, 6.45) is 0.696. The molecule has 176 valence electrons. The van der Waals surface area contributed by atoms with Crippen LogP contribution in [0.1, 0.15) is 42.3 Å². The van der Waals surface area contributed by atoms with Gasteiger partial charge in [-0.15, -0.1) is 0 Å². The average molecular weight is 494 g/mol. The Morgan fingerprint density at radius 1 is 0.941 bits per heavy atom. The number of hydrogen-bond donors (Lipinski definition) is 2. The molecule has 0 saturated carbocycles. The molecule has 3 aromatic carbocycles. The van der Waals surface area contributed by atoms with Crippen LogP contribution in [0.2, 0.25) is 0 Å². The SMILES string of the molecule is CC(C)(C)c1ccc(C(=O)NC(=S)Nc2ccc(S(=O)(=O)N3CCc4ccccc43)cc2)cc1. The van der Waals surface area contributed by atoms with Crippen molar-refractivity contribution >= 4 is 44.6 Å². The van der Waals surface area contributed by atoms with Gasteiger partial charge in [-0.3, -0.25) is 14.4 Å². The smallest absolute Gasteiger partial charge is 0.264 e. The van der Waals surface area contributed by atoms with E-state index in [1.165, 1.54) is 16.4 Å². The Labute approximate surface area is 206 Å². The quantitative estimate of drug-likeness (QED) is 0.508. The molecule has 1 amide bonds. The van der Waals surface area contributed by atoms with Gasteiger partial charge in [0.05, 0.1) is 10.6 Å². The van der Waals surface area contributed by atoms with Gasteiger partial charge >= 0.3 is 0 Å². The van der Waals surface area contributed by atoms with Crippen LogP contribution in [-0.4, -0.2) is 26.0 Å². The number of para-hydroxylation sites is 1. The van der Waals surface area contributed by atoms with Gasteiger partial charge in [0.2, 0.25) is 0 Å². The molecule has 3 aromatic rings. The van der Waals surface area contributed by atoms with Crippen LogP contribution in [0, 0.1) is 0 Å². The minimum Gasteiger partial charge on any atom is -0.332 e. The van der Waals surface area contributed by atoms with E-state index >= 15 is 0 Å². The first kappa shape index (κ1) is 23.9. The Hall–Kier alpha value is -3.23. The molecule has 6 nitrogen and oxygen atoms in total. The number of sulfonamides is 1. The van der Waals surface area contributed by atoms with E-state index in [-0.39, 0.29) is 21.3 Å². The lowest BCUT2D eigenvalue weighted by molar-refractivity contribution is 0.0977. The van der Waals surface area contributed by atoms with Gasteiger partial charge in [-0.05, 0) is 77.6 Å². The number of carbonyl (C=O) groups excluding carboxylic acids is 1. The van der Waals surface area contributed by atoms with Crippen molar-refractivity contribution < 1.29 is 13.2 Å². The van der Waals surface area contributed by atoms with Crippen molar-refractivity contribution in [3.05, 3.63) is 89.5 Å². The van der Waals surface area contributed by atoms with Crippen molar-refractivity contribution in [2.24, 2.45) is 0 Å². The standard InChI is InChI=1S/C26H27N3O3S2/c1-26(2,3)20-10-8-19(9-11-20)24(30)28-25(33)27-21-12-14-22(15-13-21)34(31,32)29-17-16-18-6-4-5-7-23(18)29/h4-15H,16-17H2,1-3H3,(H2,27,28,30,33). The lowest BCUT2D eigenvalue weighted by Gasteiger charge is -2.20. The average Bonchev–Trinajstić information content (AvgIpc) is 3.24. The van der Waals surface area contributed by atoms with Crippen molar-refractivity contribution in [3.8, 4) is 0 Å². The van der Waals surface area contributed by atoms with E-state index in [9.17, 15) is 13.2 Å². The molecule has 0 aliphatic carbocycles. The predicted molar refractivity (Wildman–Crippen MR) is 140 cm³/mol. The van der Waals surface area contributed by atoms with Crippen LogP contribution in [-0.2, 0) is 21.9 Å². The van der Waals surface area contributed by atoms with E-state index in [0.717, 1.165) is 16.8 Å². The van der Waals surface area contributed by atoms with Crippen LogP contribution >= 0.6 is 12.2 Å². The Kier molecular flexibility index (Phi) is 6.47. The summed E-state index contributed by atoms with van der Waals surface area (Å²) in [7, 11) is -3.66. The highest BCUT2D eigenvalue weighted by atomic mass is 32.2. The molecular weight excluding hydrogens is 466 g/mol. The zero-order valence-corrected chi connectivity index (χ0v) is 21.0. The molecule has 0 spiro atoms. The van der Waals surface area contributed by atoms with Crippen molar-refractivity contribution in [2.45, 2.75) is 37.5 Å². The number of benzene rings is 3. The molecule has 1 aliphatic heterocycles. The highest BCUT2D eigenvalue weighted by molar-refractivity contribution is 7.92. The number of amides is 1. The number of nitrogens with one attached hydrogen (secondary N) is 2.